The summed E-state index contributed by atoms with van der Waals surface area (Å²) in [6.07, 6.45) is 2.45. The van der Waals surface area contributed by atoms with Crippen molar-refractivity contribution in [3.63, 3.8) is 0 Å². The van der Waals surface area contributed by atoms with E-state index in [2.05, 4.69) is 29.1 Å². The zero-order valence-electron chi connectivity index (χ0n) is 16.6. The fourth-order valence-corrected chi connectivity index (χ4v) is 4.13. The van der Waals surface area contributed by atoms with Gasteiger partial charge in [-0.05, 0) is 24.5 Å². The van der Waals surface area contributed by atoms with Gasteiger partial charge in [0.1, 0.15) is 29.4 Å². The van der Waals surface area contributed by atoms with Crippen LogP contribution in [0.1, 0.15) is 25.8 Å². The van der Waals surface area contributed by atoms with Crippen molar-refractivity contribution >= 4 is 44.1 Å². The molecule has 0 amide bonds. The van der Waals surface area contributed by atoms with Crippen LogP contribution in [0.3, 0.4) is 0 Å². The molecule has 3 rings (SSSR count). The first-order valence-electron chi connectivity index (χ1n) is 9.28. The van der Waals surface area contributed by atoms with Gasteiger partial charge in [0.05, 0.1) is 29.5 Å². The van der Waals surface area contributed by atoms with E-state index >= 15 is 0 Å². The summed E-state index contributed by atoms with van der Waals surface area (Å²) < 4.78 is 12.3. The zero-order valence-corrected chi connectivity index (χ0v) is 18.2. The maximum atomic E-state index is 9.62. The quantitative estimate of drug-likeness (QED) is 0.458. The van der Waals surface area contributed by atoms with Gasteiger partial charge in [0.15, 0.2) is 5.13 Å². The van der Waals surface area contributed by atoms with Gasteiger partial charge in [0.2, 0.25) is 0 Å². The van der Waals surface area contributed by atoms with E-state index in [-0.39, 0.29) is 25.1 Å². The highest BCUT2D eigenvalue weighted by molar-refractivity contribution is 7.22. The molecule has 2 heterocycles. The highest BCUT2D eigenvalue weighted by Gasteiger charge is 2.16. The molecule has 29 heavy (non-hydrogen) atoms. The van der Waals surface area contributed by atoms with E-state index in [4.69, 9.17) is 26.8 Å². The Morgan fingerprint density at radius 1 is 1.34 bits per heavy atom. The lowest BCUT2D eigenvalue weighted by Gasteiger charge is -2.17. The van der Waals surface area contributed by atoms with Crippen molar-refractivity contribution in [2.45, 2.75) is 32.9 Å². The number of nitrogens with zero attached hydrogens (tertiary/aromatic N) is 2. The van der Waals surface area contributed by atoms with E-state index in [9.17, 15) is 5.11 Å². The van der Waals surface area contributed by atoms with Crippen molar-refractivity contribution in [1.82, 2.24) is 9.97 Å². The van der Waals surface area contributed by atoms with Crippen LogP contribution < -0.4 is 20.5 Å². The summed E-state index contributed by atoms with van der Waals surface area (Å²) in [6.45, 7) is 4.55. The lowest BCUT2D eigenvalue weighted by atomic mass is 10.0. The number of benzene rings is 1. The third-order valence-corrected chi connectivity index (χ3v) is 5.72. The van der Waals surface area contributed by atoms with E-state index in [1.165, 1.54) is 11.3 Å². The number of fused-ring (bicyclic) bond motifs is 1. The number of anilines is 2. The van der Waals surface area contributed by atoms with Gasteiger partial charge in [-0.3, -0.25) is 0 Å². The van der Waals surface area contributed by atoms with Gasteiger partial charge in [-0.15, -0.1) is 0 Å². The number of hydrogen-bond acceptors (Lipinski definition) is 8. The van der Waals surface area contributed by atoms with Gasteiger partial charge in [0.25, 0.3) is 0 Å². The first-order valence-corrected chi connectivity index (χ1v) is 10.5. The molecule has 4 N–H and O–H groups in total. The van der Waals surface area contributed by atoms with E-state index in [1.807, 2.05) is 6.07 Å². The summed E-state index contributed by atoms with van der Waals surface area (Å²) in [5, 5.41) is 14.1. The number of aliphatic hydroxyl groups is 1. The molecule has 0 aliphatic carbocycles. The predicted octanol–water partition coefficient (Wildman–Crippen LogP) is 4.33. The number of nitrogens with two attached hydrogens (primary N) is 1. The van der Waals surface area contributed by atoms with E-state index in [1.54, 1.807) is 25.4 Å². The molecule has 2 aromatic heterocycles. The van der Waals surface area contributed by atoms with Crippen molar-refractivity contribution in [2.24, 2.45) is 5.92 Å². The maximum absolute atomic E-state index is 9.62. The van der Waals surface area contributed by atoms with Crippen LogP contribution in [0.25, 0.3) is 10.2 Å². The Morgan fingerprint density at radius 3 is 2.83 bits per heavy atom. The van der Waals surface area contributed by atoms with Gasteiger partial charge >= 0.3 is 0 Å². The molecule has 0 radical (unpaired) electrons. The Balaban J connectivity index is 1.82. The SMILES string of the molecule is COc1cc(OCc2ccnc(N)c2Cl)cc2sc(NC(CO)CC(C)C)nc12. The summed E-state index contributed by atoms with van der Waals surface area (Å²) in [6, 6.07) is 5.43. The van der Waals surface area contributed by atoms with Gasteiger partial charge in [-0.25, -0.2) is 9.97 Å². The van der Waals surface area contributed by atoms with Crippen molar-refractivity contribution in [2.75, 3.05) is 24.8 Å². The maximum Gasteiger partial charge on any atom is 0.184 e. The molecule has 0 spiro atoms. The third kappa shape index (κ3) is 5.20. The second-order valence-electron chi connectivity index (χ2n) is 7.10. The van der Waals surface area contributed by atoms with Crippen molar-refractivity contribution in [3.8, 4) is 11.5 Å². The van der Waals surface area contributed by atoms with Crippen LogP contribution >= 0.6 is 22.9 Å². The average molecular weight is 437 g/mol. The molecule has 0 saturated carbocycles. The molecule has 0 bridgehead atoms. The van der Waals surface area contributed by atoms with E-state index in [0.29, 0.717) is 22.4 Å². The molecule has 7 nitrogen and oxygen atoms in total. The molecule has 1 unspecified atom stereocenters. The number of nitrogen functional groups attached to an aromatic ring is 1. The van der Waals surface area contributed by atoms with Crippen LogP contribution in [0.4, 0.5) is 10.9 Å². The Labute approximate surface area is 178 Å². The number of aliphatic hydroxyl groups excluding tert-OH is 1. The van der Waals surface area contributed by atoms with Gasteiger partial charge < -0.3 is 25.6 Å². The number of halogens is 1. The standard InChI is InChI=1S/C20H25ClN4O3S/c1-11(2)6-13(9-26)24-20-25-18-15(27-3)7-14(8-16(18)29-20)28-10-12-4-5-23-19(22)17(12)21/h4-5,7-8,11,13,26H,6,9-10H2,1-3H3,(H2,22,23)(H,24,25). The fraction of sp³-hybridized carbons (Fsp3) is 0.400. The lowest BCUT2D eigenvalue weighted by molar-refractivity contribution is 0.259. The molecule has 3 aromatic rings. The first kappa shape index (κ1) is 21.4. The molecule has 1 aromatic carbocycles. The van der Waals surface area contributed by atoms with Gasteiger partial charge in [0, 0.05) is 17.8 Å². The number of pyridine rings is 1. The van der Waals surface area contributed by atoms with E-state index in [0.717, 1.165) is 27.3 Å². The Bertz CT molecular complexity index is 980. The molecule has 0 aliphatic heterocycles. The zero-order chi connectivity index (χ0) is 21.0. The number of hydrogen-bond donors (Lipinski definition) is 3. The predicted molar refractivity (Wildman–Crippen MR) is 118 cm³/mol. The second-order valence-corrected chi connectivity index (χ2v) is 8.51. The second kappa shape index (κ2) is 9.47. The fourth-order valence-electron chi connectivity index (χ4n) is 2.97. The number of ether oxygens (including phenoxy) is 2. The first-order chi connectivity index (χ1) is 13.9. The molecule has 9 heteroatoms. The number of methoxy groups -OCH3 is 1. The summed E-state index contributed by atoms with van der Waals surface area (Å²) >= 11 is 7.68. The lowest BCUT2D eigenvalue weighted by Crippen LogP contribution is -2.25. The molecule has 156 valence electrons. The van der Waals surface area contributed by atoms with Crippen LogP contribution in [0.15, 0.2) is 24.4 Å². The minimum Gasteiger partial charge on any atom is -0.494 e. The highest BCUT2D eigenvalue weighted by Crippen LogP contribution is 2.37. The van der Waals surface area contributed by atoms with Gasteiger partial charge in [-0.1, -0.05) is 36.8 Å². The Kier molecular flexibility index (Phi) is 7.00. The number of rotatable bonds is 9. The van der Waals surface area contributed by atoms with E-state index < -0.39 is 0 Å². The largest absolute Gasteiger partial charge is 0.494 e. The number of aromatic nitrogens is 2. The Hall–Kier alpha value is -2.29. The number of nitrogens with one attached hydrogen (secondary N) is 1. The minimum atomic E-state index is -0.0448. The summed E-state index contributed by atoms with van der Waals surface area (Å²) in [4.78, 5) is 8.59. The topological polar surface area (TPSA) is 103 Å². The van der Waals surface area contributed by atoms with Crippen molar-refractivity contribution in [3.05, 3.63) is 35.0 Å². The van der Waals surface area contributed by atoms with Gasteiger partial charge in [-0.2, -0.15) is 0 Å². The van der Waals surface area contributed by atoms with Crippen LogP contribution in [-0.4, -0.2) is 34.8 Å². The van der Waals surface area contributed by atoms with Crippen LogP contribution in [0.2, 0.25) is 5.02 Å². The summed E-state index contributed by atoms with van der Waals surface area (Å²) in [5.74, 6) is 2.00. The van der Waals surface area contributed by atoms with Crippen LogP contribution in [0.5, 0.6) is 11.5 Å². The normalized spacial score (nSPS) is 12.3. The van der Waals surface area contributed by atoms with Crippen LogP contribution in [-0.2, 0) is 6.61 Å². The monoisotopic (exact) mass is 436 g/mol. The molecule has 0 fully saturated rings. The van der Waals surface area contributed by atoms with Crippen LogP contribution in [0, 0.1) is 5.92 Å². The average Bonchev–Trinajstić information content (AvgIpc) is 3.09. The molecule has 0 saturated heterocycles. The molecular weight excluding hydrogens is 412 g/mol. The smallest absolute Gasteiger partial charge is 0.184 e. The van der Waals surface area contributed by atoms with Crippen molar-refractivity contribution in [1.29, 1.82) is 0 Å². The minimum absolute atomic E-state index is 0.0448. The summed E-state index contributed by atoms with van der Waals surface area (Å²) in [7, 11) is 1.60. The summed E-state index contributed by atoms with van der Waals surface area (Å²) in [5.41, 5.74) is 7.25. The number of thiazole rings is 1. The highest BCUT2D eigenvalue weighted by atomic mass is 35.5. The molecular formula is C20H25ClN4O3S. The Morgan fingerprint density at radius 2 is 2.14 bits per heavy atom. The molecule has 1 atom stereocenters. The third-order valence-electron chi connectivity index (χ3n) is 4.35. The molecule has 0 aliphatic rings. The van der Waals surface area contributed by atoms with Crippen molar-refractivity contribution < 1.29 is 14.6 Å².